The highest BCUT2D eigenvalue weighted by Gasteiger charge is 2.54. The molecule has 5 heteroatoms. The summed E-state index contributed by atoms with van der Waals surface area (Å²) >= 11 is 0. The summed E-state index contributed by atoms with van der Waals surface area (Å²) in [5.74, 6) is -0.507. The molecule has 0 spiro atoms. The lowest BCUT2D eigenvalue weighted by Gasteiger charge is -2.24. The van der Waals surface area contributed by atoms with Crippen molar-refractivity contribution in [3.63, 3.8) is 0 Å². The van der Waals surface area contributed by atoms with E-state index in [0.717, 1.165) is 44.2 Å². The minimum absolute atomic E-state index is 0.0113. The molecule has 2 fully saturated rings. The molecule has 0 radical (unpaired) electrons. The lowest BCUT2D eigenvalue weighted by molar-refractivity contribution is -0.149. The van der Waals surface area contributed by atoms with E-state index in [2.05, 4.69) is 12.2 Å². The molecule has 1 aromatic rings. The molecule has 2 N–H and O–H groups in total. The predicted octanol–water partition coefficient (Wildman–Crippen LogP) is 2.83. The van der Waals surface area contributed by atoms with Gasteiger partial charge >= 0.3 is 5.97 Å². The molecule has 1 aromatic carbocycles. The lowest BCUT2D eigenvalue weighted by atomic mass is 9.81. The predicted molar refractivity (Wildman–Crippen MR) is 96.1 cm³/mol. The van der Waals surface area contributed by atoms with E-state index in [-0.39, 0.29) is 17.9 Å². The summed E-state index contributed by atoms with van der Waals surface area (Å²) in [5.41, 5.74) is 0.501. The number of rotatable bonds is 7. The number of aliphatic carboxylic acids is 1. The number of carboxylic acids is 1. The zero-order valence-corrected chi connectivity index (χ0v) is 14.9. The van der Waals surface area contributed by atoms with Gasteiger partial charge in [-0.05, 0) is 30.7 Å². The molecule has 1 heterocycles. The van der Waals surface area contributed by atoms with E-state index in [1.807, 2.05) is 35.2 Å². The largest absolute Gasteiger partial charge is 0.481 e. The number of carbonyl (C=O) groups is 2. The second kappa shape index (κ2) is 7.56. The van der Waals surface area contributed by atoms with Crippen LogP contribution in [-0.2, 0) is 9.59 Å². The van der Waals surface area contributed by atoms with Crippen molar-refractivity contribution < 1.29 is 14.7 Å². The number of nitrogens with one attached hydrogen (secondary N) is 1. The third kappa shape index (κ3) is 3.71. The topological polar surface area (TPSA) is 69.6 Å². The number of likely N-dealkylation sites (tertiary alicyclic amines) is 1. The fraction of sp³-hybridized carbons (Fsp3) is 0.600. The van der Waals surface area contributed by atoms with Gasteiger partial charge in [0.2, 0.25) is 5.91 Å². The third-order valence-corrected chi connectivity index (χ3v) is 5.85. The highest BCUT2D eigenvalue weighted by Crippen LogP contribution is 2.48. The van der Waals surface area contributed by atoms with Gasteiger partial charge in [-0.3, -0.25) is 14.5 Å². The zero-order valence-electron chi connectivity index (χ0n) is 14.9. The molecule has 136 valence electrons. The normalized spacial score (nSPS) is 27.0. The molecular formula is C20H28N2O3. The van der Waals surface area contributed by atoms with Crippen LogP contribution >= 0.6 is 0 Å². The summed E-state index contributed by atoms with van der Waals surface area (Å²) in [6, 6.07) is 10.1. The second-order valence-electron chi connectivity index (χ2n) is 7.54. The van der Waals surface area contributed by atoms with Crippen LogP contribution in [0, 0.1) is 11.3 Å². The zero-order chi connectivity index (χ0) is 17.9. The van der Waals surface area contributed by atoms with Crippen molar-refractivity contribution in [1.82, 2.24) is 10.2 Å². The summed E-state index contributed by atoms with van der Waals surface area (Å²) in [6.07, 6.45) is 4.59. The molecule has 1 amide bonds. The van der Waals surface area contributed by atoms with Crippen LogP contribution in [0.4, 0.5) is 0 Å². The third-order valence-electron chi connectivity index (χ3n) is 5.85. The fourth-order valence-electron chi connectivity index (χ4n) is 4.60. The van der Waals surface area contributed by atoms with Crippen LogP contribution in [-0.4, -0.2) is 41.5 Å². The maximum Gasteiger partial charge on any atom is 0.311 e. The first kappa shape index (κ1) is 17.9. The molecular weight excluding hydrogens is 316 g/mol. The maximum atomic E-state index is 12.6. The first-order valence-corrected chi connectivity index (χ1v) is 9.35. The van der Waals surface area contributed by atoms with Gasteiger partial charge in [0.15, 0.2) is 0 Å². The molecule has 1 saturated heterocycles. The van der Waals surface area contributed by atoms with Gasteiger partial charge in [0.1, 0.15) is 0 Å². The molecule has 1 saturated carbocycles. The number of benzene rings is 1. The summed E-state index contributed by atoms with van der Waals surface area (Å²) in [7, 11) is 0. The van der Waals surface area contributed by atoms with Crippen LogP contribution in [0.2, 0.25) is 0 Å². The monoisotopic (exact) mass is 344 g/mol. The minimum Gasteiger partial charge on any atom is -0.481 e. The minimum atomic E-state index is -0.689. The Morgan fingerprint density at radius 1 is 1.36 bits per heavy atom. The first-order chi connectivity index (χ1) is 12.0. The molecule has 1 unspecified atom stereocenters. The quantitative estimate of drug-likeness (QED) is 0.798. The number of carbonyl (C=O) groups excluding carboxylic acids is 1. The molecule has 1 aliphatic heterocycles. The Bertz CT molecular complexity index is 619. The molecule has 0 aromatic heterocycles. The van der Waals surface area contributed by atoms with E-state index in [1.54, 1.807) is 0 Å². The SMILES string of the molecule is CCCC(NC(=O)CN1C[C@@H]2CCC[C@@]2(C(=O)O)C1)c1ccccc1. The number of carboxylic acid groups (broad SMARTS) is 1. The highest BCUT2D eigenvalue weighted by atomic mass is 16.4. The van der Waals surface area contributed by atoms with E-state index in [1.165, 1.54) is 0 Å². The smallest absolute Gasteiger partial charge is 0.311 e. The van der Waals surface area contributed by atoms with Crippen LogP contribution in [0.15, 0.2) is 30.3 Å². The number of nitrogens with zero attached hydrogens (tertiary/aromatic N) is 1. The van der Waals surface area contributed by atoms with Gasteiger partial charge in [-0.25, -0.2) is 0 Å². The second-order valence-corrected chi connectivity index (χ2v) is 7.54. The molecule has 3 rings (SSSR count). The van der Waals surface area contributed by atoms with Gasteiger partial charge in [0.25, 0.3) is 0 Å². The van der Waals surface area contributed by atoms with E-state index >= 15 is 0 Å². The Hall–Kier alpha value is -1.88. The Labute approximate surface area is 149 Å². The Kier molecular flexibility index (Phi) is 5.42. The number of amides is 1. The van der Waals surface area contributed by atoms with Crippen LogP contribution in [0.3, 0.4) is 0 Å². The van der Waals surface area contributed by atoms with Crippen LogP contribution in [0.1, 0.15) is 50.6 Å². The molecule has 3 atom stereocenters. The Morgan fingerprint density at radius 3 is 2.76 bits per heavy atom. The van der Waals surface area contributed by atoms with Crippen molar-refractivity contribution in [3.05, 3.63) is 35.9 Å². The first-order valence-electron chi connectivity index (χ1n) is 9.35. The molecule has 0 bridgehead atoms. The summed E-state index contributed by atoms with van der Waals surface area (Å²) in [4.78, 5) is 26.3. The number of hydrogen-bond acceptors (Lipinski definition) is 3. The molecule has 5 nitrogen and oxygen atoms in total. The van der Waals surface area contributed by atoms with Gasteiger partial charge in [0.05, 0.1) is 18.0 Å². The van der Waals surface area contributed by atoms with E-state index < -0.39 is 11.4 Å². The summed E-state index contributed by atoms with van der Waals surface area (Å²) in [5, 5.41) is 12.8. The number of fused-ring (bicyclic) bond motifs is 1. The van der Waals surface area contributed by atoms with Gasteiger partial charge in [-0.15, -0.1) is 0 Å². The van der Waals surface area contributed by atoms with Gasteiger partial charge in [0, 0.05) is 13.1 Å². The van der Waals surface area contributed by atoms with Crippen molar-refractivity contribution in [1.29, 1.82) is 0 Å². The Morgan fingerprint density at radius 2 is 2.12 bits per heavy atom. The highest BCUT2D eigenvalue weighted by molar-refractivity contribution is 5.80. The van der Waals surface area contributed by atoms with Crippen molar-refractivity contribution in [2.75, 3.05) is 19.6 Å². The number of hydrogen-bond donors (Lipinski definition) is 2. The van der Waals surface area contributed by atoms with Crippen molar-refractivity contribution in [2.45, 2.75) is 45.1 Å². The van der Waals surface area contributed by atoms with E-state index in [9.17, 15) is 14.7 Å². The van der Waals surface area contributed by atoms with Crippen LogP contribution in [0.25, 0.3) is 0 Å². The molecule has 1 aliphatic carbocycles. The van der Waals surface area contributed by atoms with E-state index in [0.29, 0.717) is 13.1 Å². The van der Waals surface area contributed by atoms with Crippen molar-refractivity contribution in [3.8, 4) is 0 Å². The summed E-state index contributed by atoms with van der Waals surface area (Å²) in [6.45, 7) is 3.63. The molecule has 25 heavy (non-hydrogen) atoms. The molecule has 2 aliphatic rings. The van der Waals surface area contributed by atoms with Gasteiger partial charge < -0.3 is 10.4 Å². The van der Waals surface area contributed by atoms with Gasteiger partial charge in [-0.1, -0.05) is 50.1 Å². The average molecular weight is 344 g/mol. The van der Waals surface area contributed by atoms with Crippen LogP contribution < -0.4 is 5.32 Å². The Balaban J connectivity index is 1.60. The summed E-state index contributed by atoms with van der Waals surface area (Å²) < 4.78 is 0. The average Bonchev–Trinajstić information content (AvgIpc) is 3.13. The lowest BCUT2D eigenvalue weighted by Crippen LogP contribution is -2.40. The van der Waals surface area contributed by atoms with Crippen molar-refractivity contribution in [2.24, 2.45) is 11.3 Å². The van der Waals surface area contributed by atoms with Crippen LogP contribution in [0.5, 0.6) is 0 Å². The van der Waals surface area contributed by atoms with Gasteiger partial charge in [-0.2, -0.15) is 0 Å². The maximum absolute atomic E-state index is 12.6. The standard InChI is InChI=1S/C20H28N2O3/c1-2-7-17(15-8-4-3-5-9-15)21-18(23)13-22-12-16-10-6-11-20(16,14-22)19(24)25/h3-5,8-9,16-17H,2,6-7,10-14H2,1H3,(H,21,23)(H,24,25)/t16-,17?,20+/m0/s1. The fourth-order valence-corrected chi connectivity index (χ4v) is 4.60. The van der Waals surface area contributed by atoms with E-state index in [4.69, 9.17) is 0 Å². The van der Waals surface area contributed by atoms with Crippen molar-refractivity contribution >= 4 is 11.9 Å².